The second-order valence-electron chi connectivity index (χ2n) is 1.27. The highest BCUT2D eigenvalue weighted by Gasteiger charge is 1.80. The lowest BCUT2D eigenvalue weighted by Gasteiger charge is -1.98. The molecule has 0 aromatic rings. The average Bonchev–Trinajstić information content (AvgIpc) is 1.81. The van der Waals surface area contributed by atoms with Crippen LogP contribution in [0.15, 0.2) is 0 Å². The van der Waals surface area contributed by atoms with Crippen molar-refractivity contribution in [2.75, 3.05) is 24.0 Å². The molecule has 8 heavy (non-hydrogen) atoms. The number of halogens is 2. The Morgan fingerprint density at radius 1 is 0.875 bits per heavy atom. The van der Waals surface area contributed by atoms with Crippen LogP contribution in [-0.2, 0) is 0 Å². The predicted octanol–water partition coefficient (Wildman–Crippen LogP) is 0.870. The van der Waals surface area contributed by atoms with Crippen LogP contribution < -0.4 is 10.6 Å². The molecule has 0 saturated carbocycles. The van der Waals surface area contributed by atoms with Gasteiger partial charge in [-0.15, -0.1) is 0 Å². The fraction of sp³-hybridized carbons (Fsp3) is 1.00. The van der Waals surface area contributed by atoms with E-state index in [1.54, 1.807) is 0 Å². The second kappa shape index (κ2) is 7.88. The first kappa shape index (κ1) is 8.88. The Hall–Kier alpha value is 0.880. The van der Waals surface area contributed by atoms with E-state index in [1.165, 1.54) is 0 Å². The Balaban J connectivity index is 2.53. The van der Waals surface area contributed by atoms with Crippen LogP contribution in [0.1, 0.15) is 0 Å². The molecule has 4 heteroatoms. The summed E-state index contributed by atoms with van der Waals surface area (Å²) in [6.07, 6.45) is 0. The molecule has 0 amide bonds. The van der Waals surface area contributed by atoms with Crippen molar-refractivity contribution in [1.82, 2.24) is 10.6 Å². The van der Waals surface area contributed by atoms with Crippen LogP contribution in [0.4, 0.5) is 0 Å². The lowest BCUT2D eigenvalue weighted by molar-refractivity contribution is 0.703. The van der Waals surface area contributed by atoms with Gasteiger partial charge in [0.05, 0.1) is 10.9 Å². The fourth-order valence-electron chi connectivity index (χ4n) is 0.310. The Bertz CT molecular complexity index is 37.0. The minimum Gasteiger partial charge on any atom is -0.306 e. The fourth-order valence-corrected chi connectivity index (χ4v) is 0.871. The van der Waals surface area contributed by atoms with E-state index < -0.39 is 0 Å². The lowest BCUT2D eigenvalue weighted by atomic mass is 10.6. The number of alkyl halides is 2. The van der Waals surface area contributed by atoms with Crippen molar-refractivity contribution >= 4 is 31.9 Å². The molecule has 0 aromatic heterocycles. The molecule has 2 nitrogen and oxygen atoms in total. The van der Waals surface area contributed by atoms with E-state index in [9.17, 15) is 0 Å². The first-order valence-electron chi connectivity index (χ1n) is 2.45. The Morgan fingerprint density at radius 2 is 1.25 bits per heavy atom. The van der Waals surface area contributed by atoms with E-state index >= 15 is 0 Å². The van der Waals surface area contributed by atoms with Crippen LogP contribution in [0.5, 0.6) is 0 Å². The van der Waals surface area contributed by atoms with Gasteiger partial charge >= 0.3 is 0 Å². The van der Waals surface area contributed by atoms with E-state index in [1.807, 2.05) is 0 Å². The van der Waals surface area contributed by atoms with Gasteiger partial charge < -0.3 is 10.6 Å². The van der Waals surface area contributed by atoms with Crippen LogP contribution in [0.2, 0.25) is 0 Å². The monoisotopic (exact) mass is 244 g/mol. The van der Waals surface area contributed by atoms with Crippen molar-refractivity contribution in [2.24, 2.45) is 0 Å². The van der Waals surface area contributed by atoms with E-state index in [0.29, 0.717) is 0 Å². The van der Waals surface area contributed by atoms with E-state index in [0.717, 1.165) is 24.0 Å². The van der Waals surface area contributed by atoms with Crippen molar-refractivity contribution in [3.05, 3.63) is 0 Å². The van der Waals surface area contributed by atoms with Gasteiger partial charge in [0.1, 0.15) is 0 Å². The standard InChI is InChI=1S/C4H10Br2N2/c5-3-7-1-2-8-4-6/h7-8H,1-4H2. The zero-order valence-electron chi connectivity index (χ0n) is 4.58. The van der Waals surface area contributed by atoms with E-state index in [4.69, 9.17) is 0 Å². The van der Waals surface area contributed by atoms with Gasteiger partial charge in [-0.05, 0) is 0 Å². The van der Waals surface area contributed by atoms with Crippen LogP contribution in [-0.4, -0.2) is 24.0 Å². The summed E-state index contributed by atoms with van der Waals surface area (Å²) in [5.41, 5.74) is 1.74. The predicted molar refractivity (Wildman–Crippen MR) is 43.6 cm³/mol. The highest BCUT2D eigenvalue weighted by molar-refractivity contribution is 9.09. The minimum absolute atomic E-state index is 0.872. The van der Waals surface area contributed by atoms with E-state index in [2.05, 4.69) is 42.5 Å². The van der Waals surface area contributed by atoms with Gasteiger partial charge in [0.25, 0.3) is 0 Å². The largest absolute Gasteiger partial charge is 0.306 e. The summed E-state index contributed by atoms with van der Waals surface area (Å²) in [5, 5.41) is 6.23. The maximum atomic E-state index is 3.25. The molecule has 0 aliphatic rings. The second-order valence-corrected chi connectivity index (χ2v) is 2.39. The average molecular weight is 246 g/mol. The maximum Gasteiger partial charge on any atom is 0.0517 e. The van der Waals surface area contributed by atoms with Crippen LogP contribution in [0.25, 0.3) is 0 Å². The zero-order chi connectivity index (χ0) is 6.24. The summed E-state index contributed by atoms with van der Waals surface area (Å²) < 4.78 is 0. The molecule has 0 atom stereocenters. The first-order chi connectivity index (χ1) is 3.91. The number of rotatable bonds is 5. The number of nitrogens with one attached hydrogen (secondary N) is 2. The molecule has 2 N–H and O–H groups in total. The van der Waals surface area contributed by atoms with Gasteiger partial charge in [-0.25, -0.2) is 0 Å². The Labute approximate surface area is 66.7 Å². The van der Waals surface area contributed by atoms with E-state index in [-0.39, 0.29) is 0 Å². The molecule has 0 aliphatic carbocycles. The van der Waals surface area contributed by atoms with Crippen LogP contribution in [0, 0.1) is 0 Å². The van der Waals surface area contributed by atoms with Gasteiger partial charge in [-0.3, -0.25) is 0 Å². The SMILES string of the molecule is BrCNCCNCBr. The van der Waals surface area contributed by atoms with Gasteiger partial charge in [0, 0.05) is 13.1 Å². The first-order valence-corrected chi connectivity index (χ1v) is 4.69. The molecule has 50 valence electrons. The summed E-state index contributed by atoms with van der Waals surface area (Å²) in [6, 6.07) is 0. The molecule has 0 radical (unpaired) electrons. The molecule has 0 rings (SSSR count). The number of hydrogen-bond acceptors (Lipinski definition) is 2. The topological polar surface area (TPSA) is 24.1 Å². The summed E-state index contributed by atoms with van der Waals surface area (Å²) >= 11 is 6.50. The van der Waals surface area contributed by atoms with Crippen molar-refractivity contribution in [3.63, 3.8) is 0 Å². The highest BCUT2D eigenvalue weighted by Crippen LogP contribution is 1.71. The van der Waals surface area contributed by atoms with Gasteiger partial charge in [-0.1, -0.05) is 31.9 Å². The smallest absolute Gasteiger partial charge is 0.0517 e. The molecule has 0 heterocycles. The summed E-state index contributed by atoms with van der Waals surface area (Å²) in [4.78, 5) is 0. The summed E-state index contributed by atoms with van der Waals surface area (Å²) in [5.74, 6) is 0. The molecule has 0 aromatic carbocycles. The van der Waals surface area contributed by atoms with Crippen molar-refractivity contribution in [3.8, 4) is 0 Å². The highest BCUT2D eigenvalue weighted by atomic mass is 79.9. The third-order valence-corrected chi connectivity index (χ3v) is 1.46. The quantitative estimate of drug-likeness (QED) is 0.427. The summed E-state index contributed by atoms with van der Waals surface area (Å²) in [6.45, 7) is 2.02. The molecule has 0 aliphatic heterocycles. The molecule has 0 bridgehead atoms. The zero-order valence-corrected chi connectivity index (χ0v) is 7.76. The lowest BCUT2D eigenvalue weighted by Crippen LogP contribution is -2.25. The summed E-state index contributed by atoms with van der Waals surface area (Å²) in [7, 11) is 0. The molecule has 0 unspecified atom stereocenters. The van der Waals surface area contributed by atoms with Crippen LogP contribution in [0.3, 0.4) is 0 Å². The maximum absolute atomic E-state index is 3.25. The number of hydrogen-bond donors (Lipinski definition) is 2. The van der Waals surface area contributed by atoms with Crippen molar-refractivity contribution in [1.29, 1.82) is 0 Å². The molecule has 0 saturated heterocycles. The third-order valence-electron chi connectivity index (χ3n) is 0.668. The minimum atomic E-state index is 0.872. The Morgan fingerprint density at radius 3 is 1.50 bits per heavy atom. The van der Waals surface area contributed by atoms with Crippen LogP contribution >= 0.6 is 31.9 Å². The van der Waals surface area contributed by atoms with Crippen molar-refractivity contribution < 1.29 is 0 Å². The third kappa shape index (κ3) is 6.88. The molecular weight excluding hydrogens is 236 g/mol. The molecular formula is C4H10Br2N2. The van der Waals surface area contributed by atoms with Gasteiger partial charge in [0.2, 0.25) is 0 Å². The Kier molecular flexibility index (Phi) is 8.75. The normalized spacial score (nSPS) is 9.75. The molecule has 0 fully saturated rings. The molecule has 0 spiro atoms. The van der Waals surface area contributed by atoms with Gasteiger partial charge in [0.15, 0.2) is 0 Å². The van der Waals surface area contributed by atoms with Crippen molar-refractivity contribution in [2.45, 2.75) is 0 Å². The van der Waals surface area contributed by atoms with Gasteiger partial charge in [-0.2, -0.15) is 0 Å².